The first-order chi connectivity index (χ1) is 20.3. The zero-order valence-corrected chi connectivity index (χ0v) is 23.8. The smallest absolute Gasteiger partial charge is 0.330 e. The summed E-state index contributed by atoms with van der Waals surface area (Å²) in [5.74, 6) is -1.77. The lowest BCUT2D eigenvalue weighted by Gasteiger charge is -2.18. The van der Waals surface area contributed by atoms with Gasteiger partial charge in [-0.15, -0.1) is 0 Å². The van der Waals surface area contributed by atoms with Crippen LogP contribution in [0.5, 0.6) is 0 Å². The summed E-state index contributed by atoms with van der Waals surface area (Å²) in [7, 11) is 0. The van der Waals surface area contributed by atoms with Crippen LogP contribution in [0.3, 0.4) is 0 Å². The molecule has 1 aliphatic rings. The Balaban J connectivity index is 0.00000237. The SMILES string of the molecule is CC.Cc1cc(C(=O)Nc2cccn(CC(=O)N[C@H](/C=C/C(=O)OCc3ccccc3)C[C@@H]3CCNC3=O)c2=O)no1. The number of nitrogens with zero attached hydrogens (tertiary/aromatic N) is 2. The average molecular weight is 578 g/mol. The number of anilines is 1. The highest BCUT2D eigenvalue weighted by atomic mass is 16.5. The summed E-state index contributed by atoms with van der Waals surface area (Å²) < 4.78 is 11.3. The van der Waals surface area contributed by atoms with Gasteiger partial charge in [-0.2, -0.15) is 0 Å². The Kier molecular flexibility index (Phi) is 11.8. The van der Waals surface area contributed by atoms with Crippen LogP contribution in [-0.4, -0.2) is 46.0 Å². The molecule has 12 heteroatoms. The minimum Gasteiger partial charge on any atom is -0.458 e. The Hall–Kier alpha value is -5.00. The molecule has 1 fully saturated rings. The number of aromatic nitrogens is 2. The van der Waals surface area contributed by atoms with Crippen molar-refractivity contribution >= 4 is 29.4 Å². The van der Waals surface area contributed by atoms with E-state index in [9.17, 15) is 24.0 Å². The number of hydrogen-bond donors (Lipinski definition) is 3. The molecule has 0 radical (unpaired) electrons. The Labute approximate surface area is 243 Å². The van der Waals surface area contributed by atoms with Gasteiger partial charge < -0.3 is 29.8 Å². The summed E-state index contributed by atoms with van der Waals surface area (Å²) in [5, 5.41) is 11.6. The van der Waals surface area contributed by atoms with Crippen LogP contribution in [-0.2, 0) is 32.3 Å². The van der Waals surface area contributed by atoms with Crippen molar-refractivity contribution in [2.24, 2.45) is 5.92 Å². The van der Waals surface area contributed by atoms with Crippen LogP contribution in [0.15, 0.2) is 76.2 Å². The molecule has 3 N–H and O–H groups in total. The topological polar surface area (TPSA) is 162 Å². The van der Waals surface area contributed by atoms with Gasteiger partial charge in [-0.25, -0.2) is 4.79 Å². The first kappa shape index (κ1) is 31.5. The van der Waals surface area contributed by atoms with Crippen molar-refractivity contribution < 1.29 is 28.4 Å². The monoisotopic (exact) mass is 577 g/mol. The van der Waals surface area contributed by atoms with Crippen LogP contribution < -0.4 is 21.5 Å². The molecule has 0 spiro atoms. The molecular weight excluding hydrogens is 542 g/mol. The van der Waals surface area contributed by atoms with Gasteiger partial charge in [0.05, 0.1) is 0 Å². The third-order valence-electron chi connectivity index (χ3n) is 6.18. The maximum absolute atomic E-state index is 12.9. The largest absolute Gasteiger partial charge is 0.458 e. The Morgan fingerprint density at radius 1 is 1.17 bits per heavy atom. The van der Waals surface area contributed by atoms with E-state index >= 15 is 0 Å². The van der Waals surface area contributed by atoms with Crippen LogP contribution in [0, 0.1) is 12.8 Å². The van der Waals surface area contributed by atoms with Gasteiger partial charge in [0.25, 0.3) is 11.5 Å². The highest BCUT2D eigenvalue weighted by Crippen LogP contribution is 2.17. The third-order valence-corrected chi connectivity index (χ3v) is 6.18. The van der Waals surface area contributed by atoms with Crippen molar-refractivity contribution in [3.63, 3.8) is 0 Å². The number of pyridine rings is 1. The number of nitrogens with one attached hydrogen (secondary N) is 3. The van der Waals surface area contributed by atoms with Gasteiger partial charge in [0, 0.05) is 36.8 Å². The molecule has 2 atom stereocenters. The van der Waals surface area contributed by atoms with Gasteiger partial charge in [0.1, 0.15) is 24.6 Å². The van der Waals surface area contributed by atoms with Crippen LogP contribution >= 0.6 is 0 Å². The maximum atomic E-state index is 12.9. The van der Waals surface area contributed by atoms with Crippen LogP contribution in [0.25, 0.3) is 0 Å². The zero-order valence-electron chi connectivity index (χ0n) is 23.8. The minimum atomic E-state index is -0.667. The highest BCUT2D eigenvalue weighted by molar-refractivity contribution is 6.02. The number of ether oxygens (including phenoxy) is 1. The van der Waals surface area contributed by atoms with Crippen molar-refractivity contribution in [2.75, 3.05) is 11.9 Å². The number of hydrogen-bond acceptors (Lipinski definition) is 8. The van der Waals surface area contributed by atoms with E-state index in [1.54, 1.807) is 6.92 Å². The van der Waals surface area contributed by atoms with Gasteiger partial charge in [0.2, 0.25) is 11.8 Å². The van der Waals surface area contributed by atoms with Crippen LogP contribution in [0.4, 0.5) is 5.69 Å². The summed E-state index contributed by atoms with van der Waals surface area (Å²) in [5.41, 5.74) is 0.203. The molecule has 1 aliphatic heterocycles. The molecule has 1 saturated heterocycles. The first-order valence-corrected chi connectivity index (χ1v) is 13.7. The minimum absolute atomic E-state index is 0.0120. The normalized spacial score (nSPS) is 14.8. The summed E-state index contributed by atoms with van der Waals surface area (Å²) in [6.07, 6.45) is 4.98. The van der Waals surface area contributed by atoms with E-state index in [1.807, 2.05) is 44.2 Å². The average Bonchev–Trinajstić information content (AvgIpc) is 3.61. The summed E-state index contributed by atoms with van der Waals surface area (Å²) >= 11 is 0. The van der Waals surface area contributed by atoms with E-state index in [0.717, 1.165) is 10.1 Å². The highest BCUT2D eigenvalue weighted by Gasteiger charge is 2.27. The molecule has 222 valence electrons. The molecule has 4 rings (SSSR count). The third kappa shape index (κ3) is 9.29. The molecule has 12 nitrogen and oxygen atoms in total. The van der Waals surface area contributed by atoms with Crippen molar-refractivity contribution in [1.82, 2.24) is 20.4 Å². The summed E-state index contributed by atoms with van der Waals surface area (Å²) in [4.78, 5) is 62.6. The Morgan fingerprint density at radius 2 is 1.93 bits per heavy atom. The summed E-state index contributed by atoms with van der Waals surface area (Å²) in [6.45, 7) is 5.91. The van der Waals surface area contributed by atoms with Crippen molar-refractivity contribution in [1.29, 1.82) is 0 Å². The Morgan fingerprint density at radius 3 is 2.60 bits per heavy atom. The number of aryl methyl sites for hydroxylation is 1. The predicted octanol–water partition coefficient (Wildman–Crippen LogP) is 2.73. The second-order valence-electron chi connectivity index (χ2n) is 9.27. The van der Waals surface area contributed by atoms with Gasteiger partial charge in [-0.1, -0.05) is 55.4 Å². The number of esters is 1. The maximum Gasteiger partial charge on any atom is 0.330 e. The lowest BCUT2D eigenvalue weighted by molar-refractivity contribution is -0.139. The molecule has 3 heterocycles. The van der Waals surface area contributed by atoms with Crippen molar-refractivity contribution in [3.8, 4) is 0 Å². The molecule has 3 amide bonds. The molecule has 0 aliphatic carbocycles. The second-order valence-corrected chi connectivity index (χ2v) is 9.27. The number of amides is 3. The van der Waals surface area contributed by atoms with E-state index in [4.69, 9.17) is 9.26 Å². The molecule has 0 saturated carbocycles. The van der Waals surface area contributed by atoms with Gasteiger partial charge >= 0.3 is 5.97 Å². The molecule has 42 heavy (non-hydrogen) atoms. The molecule has 0 bridgehead atoms. The van der Waals surface area contributed by atoms with E-state index in [1.165, 1.54) is 36.5 Å². The quantitative estimate of drug-likeness (QED) is 0.232. The van der Waals surface area contributed by atoms with E-state index < -0.39 is 29.4 Å². The lowest BCUT2D eigenvalue weighted by Crippen LogP contribution is -2.40. The Bertz CT molecular complexity index is 1460. The fraction of sp³-hybridized carbons (Fsp3) is 0.333. The fourth-order valence-electron chi connectivity index (χ4n) is 4.16. The molecule has 3 aromatic rings. The van der Waals surface area contributed by atoms with Gasteiger partial charge in [-0.3, -0.25) is 19.2 Å². The molecule has 1 aromatic carbocycles. The number of carbonyl (C=O) groups excluding carboxylic acids is 4. The van der Waals surface area contributed by atoms with E-state index in [-0.39, 0.29) is 42.8 Å². The zero-order chi connectivity index (χ0) is 30.5. The fourth-order valence-corrected chi connectivity index (χ4v) is 4.16. The van der Waals surface area contributed by atoms with Gasteiger partial charge in [-0.05, 0) is 37.5 Å². The molecular formula is C30H35N5O7. The van der Waals surface area contributed by atoms with Crippen LogP contribution in [0.2, 0.25) is 0 Å². The number of benzene rings is 1. The first-order valence-electron chi connectivity index (χ1n) is 13.7. The predicted molar refractivity (Wildman–Crippen MR) is 154 cm³/mol. The van der Waals surface area contributed by atoms with E-state index in [2.05, 4.69) is 21.1 Å². The van der Waals surface area contributed by atoms with Crippen molar-refractivity contribution in [2.45, 2.75) is 52.8 Å². The number of carbonyl (C=O) groups is 4. The number of rotatable bonds is 11. The summed E-state index contributed by atoms with van der Waals surface area (Å²) in [6, 6.07) is 12.9. The van der Waals surface area contributed by atoms with Crippen molar-refractivity contribution in [3.05, 3.63) is 94.3 Å². The lowest BCUT2D eigenvalue weighted by atomic mass is 9.98. The second kappa shape index (κ2) is 15.7. The molecule has 0 unspecified atom stereocenters. The van der Waals surface area contributed by atoms with Crippen LogP contribution in [0.1, 0.15) is 48.5 Å². The molecule has 2 aromatic heterocycles. The standard InChI is InChI=1S/C28H29N5O7.C2H6/c1-18-14-23(32-40-18)27(37)31-22-8-5-13-33(28(22)38)16-24(34)30-21(15-20-11-12-29-26(20)36)9-10-25(35)39-17-19-6-3-2-4-7-19;1-2/h2-10,13-14,20-21H,11-12,15-17H2,1H3,(H,29,36)(H,30,34)(H,31,37);1-2H3/b10-9+;/t20-,21+;/m0./s1. The van der Waals surface area contributed by atoms with Gasteiger partial charge in [0.15, 0.2) is 5.69 Å². The van der Waals surface area contributed by atoms with E-state index in [0.29, 0.717) is 18.7 Å².